The summed E-state index contributed by atoms with van der Waals surface area (Å²) < 4.78 is 10.5. The van der Waals surface area contributed by atoms with Gasteiger partial charge in [-0.25, -0.2) is 0 Å². The molecule has 0 saturated carbocycles. The van der Waals surface area contributed by atoms with Crippen molar-refractivity contribution in [3.63, 3.8) is 0 Å². The summed E-state index contributed by atoms with van der Waals surface area (Å²) >= 11 is 5.96. The van der Waals surface area contributed by atoms with Crippen LogP contribution in [0, 0.1) is 5.92 Å². The second kappa shape index (κ2) is 9.07. The van der Waals surface area contributed by atoms with Gasteiger partial charge in [-0.15, -0.1) is 0 Å². The molecule has 2 aromatic carbocycles. The minimum atomic E-state index is 0.128. The number of halogens is 1. The molecule has 1 amide bonds. The van der Waals surface area contributed by atoms with Crippen molar-refractivity contribution in [3.05, 3.63) is 70.9 Å². The van der Waals surface area contributed by atoms with Crippen LogP contribution in [0.4, 0.5) is 0 Å². The van der Waals surface area contributed by atoms with E-state index in [2.05, 4.69) is 0 Å². The molecule has 0 bridgehead atoms. The average molecular weight is 386 g/mol. The quantitative estimate of drug-likeness (QED) is 0.688. The molecule has 3 rings (SSSR count). The molecule has 1 atom stereocenters. The van der Waals surface area contributed by atoms with Gasteiger partial charge in [-0.2, -0.15) is 0 Å². The van der Waals surface area contributed by atoms with Crippen molar-refractivity contribution in [2.45, 2.75) is 19.4 Å². The van der Waals surface area contributed by atoms with Crippen molar-refractivity contribution in [3.8, 4) is 5.75 Å². The lowest BCUT2D eigenvalue weighted by molar-refractivity contribution is -0.130. The lowest BCUT2D eigenvalue weighted by atomic mass is 9.85. The van der Waals surface area contributed by atoms with Crippen LogP contribution in [0.2, 0.25) is 5.02 Å². The molecule has 0 radical (unpaired) electrons. The zero-order valence-electron chi connectivity index (χ0n) is 15.7. The zero-order valence-corrected chi connectivity index (χ0v) is 16.4. The van der Waals surface area contributed by atoms with E-state index >= 15 is 0 Å². The van der Waals surface area contributed by atoms with Crippen LogP contribution >= 0.6 is 11.6 Å². The second-order valence-electron chi connectivity index (χ2n) is 6.64. The van der Waals surface area contributed by atoms with E-state index in [0.717, 1.165) is 28.9 Å². The van der Waals surface area contributed by atoms with Gasteiger partial charge in [0.05, 0.1) is 13.7 Å². The van der Waals surface area contributed by atoms with Gasteiger partial charge in [-0.05, 0) is 53.3 Å². The van der Waals surface area contributed by atoms with Crippen LogP contribution in [0.1, 0.15) is 24.0 Å². The van der Waals surface area contributed by atoms with Crippen LogP contribution in [-0.4, -0.2) is 31.6 Å². The number of nitrogens with zero attached hydrogens (tertiary/aromatic N) is 1. The second-order valence-corrected chi connectivity index (χ2v) is 7.08. The molecule has 0 aromatic heterocycles. The summed E-state index contributed by atoms with van der Waals surface area (Å²) in [6, 6.07) is 15.6. The number of ether oxygens (including phenoxy) is 2. The van der Waals surface area contributed by atoms with E-state index in [0.29, 0.717) is 24.6 Å². The molecule has 27 heavy (non-hydrogen) atoms. The first-order valence-electron chi connectivity index (χ1n) is 8.99. The summed E-state index contributed by atoms with van der Waals surface area (Å²) in [6.45, 7) is 1.16. The predicted octanol–water partition coefficient (Wildman–Crippen LogP) is 4.77. The van der Waals surface area contributed by atoms with Crippen LogP contribution in [-0.2, 0) is 16.1 Å². The fourth-order valence-electron chi connectivity index (χ4n) is 3.32. The Morgan fingerprint density at radius 1 is 1.07 bits per heavy atom. The SMILES string of the molecule is COCCC1CC(=O)N(Cc2ccc(Cl)cc2)C=C1c1ccc(OC)cc1. The topological polar surface area (TPSA) is 38.8 Å². The van der Waals surface area contributed by atoms with Gasteiger partial charge in [-0.3, -0.25) is 4.79 Å². The minimum absolute atomic E-state index is 0.128. The molecule has 0 aliphatic carbocycles. The Bertz CT molecular complexity index is 799. The fraction of sp³-hybridized carbons (Fsp3) is 0.318. The molecular formula is C22H24ClNO3. The zero-order chi connectivity index (χ0) is 19.2. The van der Waals surface area contributed by atoms with Gasteiger partial charge in [0.25, 0.3) is 0 Å². The summed E-state index contributed by atoms with van der Waals surface area (Å²) in [6.07, 6.45) is 3.28. The van der Waals surface area contributed by atoms with Crippen molar-refractivity contribution in [2.24, 2.45) is 5.92 Å². The van der Waals surface area contributed by atoms with E-state index in [4.69, 9.17) is 21.1 Å². The highest BCUT2D eigenvalue weighted by Gasteiger charge is 2.28. The maximum absolute atomic E-state index is 12.7. The number of hydrogen-bond acceptors (Lipinski definition) is 3. The fourth-order valence-corrected chi connectivity index (χ4v) is 3.44. The molecule has 1 aliphatic rings. The summed E-state index contributed by atoms with van der Waals surface area (Å²) in [7, 11) is 3.34. The lowest BCUT2D eigenvalue weighted by Gasteiger charge is -2.31. The Balaban J connectivity index is 1.89. The number of benzene rings is 2. The third-order valence-electron chi connectivity index (χ3n) is 4.84. The van der Waals surface area contributed by atoms with Crippen LogP contribution in [0.25, 0.3) is 5.57 Å². The third-order valence-corrected chi connectivity index (χ3v) is 5.09. The summed E-state index contributed by atoms with van der Waals surface area (Å²) in [5.41, 5.74) is 3.31. The highest BCUT2D eigenvalue weighted by atomic mass is 35.5. The molecule has 1 aliphatic heterocycles. The standard InChI is InChI=1S/C22H24ClNO3/c1-26-12-11-18-13-22(25)24(14-16-3-7-19(23)8-4-16)15-21(18)17-5-9-20(27-2)10-6-17/h3-10,15,18H,11-14H2,1-2H3. The normalized spacial score (nSPS) is 17.0. The van der Waals surface area contributed by atoms with Crippen LogP contribution in [0.5, 0.6) is 5.75 Å². The van der Waals surface area contributed by atoms with Gasteiger partial charge in [0.15, 0.2) is 0 Å². The largest absolute Gasteiger partial charge is 0.497 e. The molecule has 5 heteroatoms. The molecule has 4 nitrogen and oxygen atoms in total. The van der Waals surface area contributed by atoms with E-state index in [1.165, 1.54) is 0 Å². The smallest absolute Gasteiger partial charge is 0.227 e. The number of allylic oxidation sites excluding steroid dienone is 1. The monoisotopic (exact) mass is 385 g/mol. The van der Waals surface area contributed by atoms with Crippen molar-refractivity contribution in [2.75, 3.05) is 20.8 Å². The van der Waals surface area contributed by atoms with Gasteiger partial charge in [-0.1, -0.05) is 35.9 Å². The highest BCUT2D eigenvalue weighted by molar-refractivity contribution is 6.30. The van der Waals surface area contributed by atoms with E-state index in [1.54, 1.807) is 19.1 Å². The number of carbonyl (C=O) groups is 1. The summed E-state index contributed by atoms with van der Waals surface area (Å²) in [4.78, 5) is 14.5. The van der Waals surface area contributed by atoms with E-state index in [1.807, 2.05) is 54.7 Å². The molecular weight excluding hydrogens is 362 g/mol. The van der Waals surface area contributed by atoms with Gasteiger partial charge >= 0.3 is 0 Å². The highest BCUT2D eigenvalue weighted by Crippen LogP contribution is 2.35. The van der Waals surface area contributed by atoms with Gasteiger partial charge in [0, 0.05) is 31.4 Å². The Labute approximate surface area is 165 Å². The molecule has 142 valence electrons. The lowest BCUT2D eigenvalue weighted by Crippen LogP contribution is -2.32. The Hall–Kier alpha value is -2.30. The number of hydrogen-bond donors (Lipinski definition) is 0. The van der Waals surface area contributed by atoms with Crippen molar-refractivity contribution in [1.29, 1.82) is 0 Å². The maximum Gasteiger partial charge on any atom is 0.227 e. The molecule has 0 fully saturated rings. The third kappa shape index (κ3) is 4.90. The van der Waals surface area contributed by atoms with Crippen molar-refractivity contribution >= 4 is 23.1 Å². The average Bonchev–Trinajstić information content (AvgIpc) is 2.69. The molecule has 0 spiro atoms. The molecule has 1 unspecified atom stereocenters. The number of carbonyl (C=O) groups excluding carboxylic acids is 1. The minimum Gasteiger partial charge on any atom is -0.497 e. The first-order valence-corrected chi connectivity index (χ1v) is 9.37. The predicted molar refractivity (Wildman–Crippen MR) is 108 cm³/mol. The van der Waals surface area contributed by atoms with Crippen LogP contribution in [0.15, 0.2) is 54.7 Å². The number of rotatable bonds is 7. The molecule has 0 N–H and O–H groups in total. The first-order chi connectivity index (χ1) is 13.1. The first kappa shape index (κ1) is 19.5. The summed E-state index contributed by atoms with van der Waals surface area (Å²) in [5.74, 6) is 1.09. The Kier molecular flexibility index (Phi) is 6.54. The number of methoxy groups -OCH3 is 2. The Morgan fingerprint density at radius 2 is 1.78 bits per heavy atom. The summed E-state index contributed by atoms with van der Waals surface area (Å²) in [5, 5.41) is 0.692. The van der Waals surface area contributed by atoms with E-state index < -0.39 is 0 Å². The maximum atomic E-state index is 12.7. The van der Waals surface area contributed by atoms with E-state index in [-0.39, 0.29) is 11.8 Å². The van der Waals surface area contributed by atoms with E-state index in [9.17, 15) is 4.79 Å². The molecule has 2 aromatic rings. The number of amides is 1. The van der Waals surface area contributed by atoms with Gasteiger partial charge < -0.3 is 14.4 Å². The van der Waals surface area contributed by atoms with Gasteiger partial charge in [0.1, 0.15) is 5.75 Å². The Morgan fingerprint density at radius 3 is 2.41 bits per heavy atom. The molecule has 0 saturated heterocycles. The van der Waals surface area contributed by atoms with Crippen LogP contribution in [0.3, 0.4) is 0 Å². The van der Waals surface area contributed by atoms with Crippen molar-refractivity contribution < 1.29 is 14.3 Å². The van der Waals surface area contributed by atoms with Crippen LogP contribution < -0.4 is 4.74 Å². The van der Waals surface area contributed by atoms with Gasteiger partial charge in [0.2, 0.25) is 5.91 Å². The van der Waals surface area contributed by atoms with Crippen molar-refractivity contribution in [1.82, 2.24) is 4.90 Å². The molecule has 1 heterocycles.